The highest BCUT2D eigenvalue weighted by atomic mass is 13.9. The SMILES string of the molecule is [CH+]=Cc1cccc(C=[CH-])c1. The first kappa shape index (κ1) is 6.73. The molecule has 0 N–H and O–H groups in total. The zero-order valence-electron chi connectivity index (χ0n) is 5.62. The Labute approximate surface area is 61.5 Å². The molecule has 0 aromatic heterocycles. The van der Waals surface area contributed by atoms with Gasteiger partial charge in [-0.15, -0.1) is 6.07 Å². The summed E-state index contributed by atoms with van der Waals surface area (Å²) in [5.74, 6) is 0. The molecule has 0 spiro atoms. The van der Waals surface area contributed by atoms with Gasteiger partial charge in [0.15, 0.2) is 6.08 Å². The second-order valence-electron chi connectivity index (χ2n) is 2.00. The molecule has 0 amide bonds. The maximum absolute atomic E-state index is 5.29. The van der Waals surface area contributed by atoms with Crippen LogP contribution in [0.1, 0.15) is 11.1 Å². The lowest BCUT2D eigenvalue weighted by atomic mass is 10.1. The molecule has 0 atom stereocenters. The van der Waals surface area contributed by atoms with Crippen LogP contribution in [-0.4, -0.2) is 0 Å². The van der Waals surface area contributed by atoms with Crippen LogP contribution in [0.15, 0.2) is 24.3 Å². The van der Waals surface area contributed by atoms with E-state index >= 15 is 0 Å². The van der Waals surface area contributed by atoms with Gasteiger partial charge in [0, 0.05) is 12.6 Å². The van der Waals surface area contributed by atoms with Crippen molar-refractivity contribution in [2.75, 3.05) is 0 Å². The monoisotopic (exact) mass is 128 g/mol. The fraction of sp³-hybridized carbons (Fsp3) is 0. The van der Waals surface area contributed by atoms with E-state index in [1.54, 1.807) is 12.2 Å². The fourth-order valence-corrected chi connectivity index (χ4v) is 0.766. The van der Waals surface area contributed by atoms with Gasteiger partial charge in [0.25, 0.3) is 0 Å². The molecule has 0 bridgehead atoms. The summed E-state index contributed by atoms with van der Waals surface area (Å²) in [6.07, 6.45) is 3.10. The van der Waals surface area contributed by atoms with Crippen LogP contribution in [-0.2, 0) is 0 Å². The molecule has 1 rings (SSSR count). The second kappa shape index (κ2) is 2.95. The van der Waals surface area contributed by atoms with Crippen molar-refractivity contribution in [3.8, 4) is 0 Å². The summed E-state index contributed by atoms with van der Waals surface area (Å²) in [7, 11) is 0. The Bertz CT molecular complexity index is 223. The minimum absolute atomic E-state index is 0.985. The van der Waals surface area contributed by atoms with Gasteiger partial charge in [0.05, 0.1) is 5.56 Å². The zero-order chi connectivity index (χ0) is 7.40. The van der Waals surface area contributed by atoms with Crippen molar-refractivity contribution in [2.24, 2.45) is 0 Å². The first-order chi connectivity index (χ1) is 4.86. The molecule has 1 aromatic carbocycles. The summed E-state index contributed by atoms with van der Waals surface area (Å²) >= 11 is 0. The van der Waals surface area contributed by atoms with E-state index in [-0.39, 0.29) is 0 Å². The van der Waals surface area contributed by atoms with Crippen molar-refractivity contribution in [2.45, 2.75) is 0 Å². The van der Waals surface area contributed by atoms with Crippen LogP contribution in [0, 0.1) is 13.2 Å². The zero-order valence-corrected chi connectivity index (χ0v) is 5.62. The van der Waals surface area contributed by atoms with E-state index in [4.69, 9.17) is 13.2 Å². The van der Waals surface area contributed by atoms with Crippen LogP contribution in [0.4, 0.5) is 0 Å². The Hall–Kier alpha value is -1.39. The first-order valence-corrected chi connectivity index (χ1v) is 3.07. The molecule has 0 heteroatoms. The molecule has 10 heavy (non-hydrogen) atoms. The predicted molar refractivity (Wildman–Crippen MR) is 44.0 cm³/mol. The van der Waals surface area contributed by atoms with Crippen LogP contribution < -0.4 is 0 Å². The molecule has 48 valence electrons. The molecule has 0 aliphatic heterocycles. The van der Waals surface area contributed by atoms with E-state index in [0.717, 1.165) is 11.1 Å². The quantitative estimate of drug-likeness (QED) is 0.537. The third-order valence-electron chi connectivity index (χ3n) is 1.30. The van der Waals surface area contributed by atoms with Crippen LogP contribution in [0.2, 0.25) is 0 Å². The van der Waals surface area contributed by atoms with Crippen LogP contribution in [0.25, 0.3) is 12.2 Å². The Balaban J connectivity index is 3.09. The van der Waals surface area contributed by atoms with Crippen molar-refractivity contribution >= 4 is 12.2 Å². The lowest BCUT2D eigenvalue weighted by Crippen LogP contribution is -1.72. The molecule has 0 nitrogen and oxygen atoms in total. The van der Waals surface area contributed by atoms with Gasteiger partial charge in [0.2, 0.25) is 0 Å². The Kier molecular flexibility index (Phi) is 1.99. The molecule has 0 saturated carbocycles. The van der Waals surface area contributed by atoms with Gasteiger partial charge in [-0.3, -0.25) is 6.58 Å². The first-order valence-electron chi connectivity index (χ1n) is 3.07. The van der Waals surface area contributed by atoms with Crippen molar-refractivity contribution < 1.29 is 0 Å². The van der Waals surface area contributed by atoms with Gasteiger partial charge >= 0.3 is 0 Å². The van der Waals surface area contributed by atoms with E-state index in [1.807, 2.05) is 24.3 Å². The van der Waals surface area contributed by atoms with Crippen LogP contribution in [0.3, 0.4) is 0 Å². The number of hydrogen-bond donors (Lipinski definition) is 0. The highest BCUT2D eigenvalue weighted by Crippen LogP contribution is 2.06. The molecule has 0 radical (unpaired) electrons. The van der Waals surface area contributed by atoms with E-state index < -0.39 is 0 Å². The molecular weight excluding hydrogens is 120 g/mol. The fourth-order valence-electron chi connectivity index (χ4n) is 0.766. The van der Waals surface area contributed by atoms with Gasteiger partial charge in [-0.05, 0) is 6.07 Å². The Morgan fingerprint density at radius 3 is 2.60 bits per heavy atom. The smallest absolute Gasteiger partial charge is 0.157 e. The van der Waals surface area contributed by atoms with Gasteiger partial charge in [-0.25, -0.2) is 6.08 Å². The van der Waals surface area contributed by atoms with Crippen molar-refractivity contribution in [3.63, 3.8) is 0 Å². The summed E-state index contributed by atoms with van der Waals surface area (Å²) in [6.45, 7) is 10.6. The summed E-state index contributed by atoms with van der Waals surface area (Å²) in [6, 6.07) is 7.68. The van der Waals surface area contributed by atoms with E-state index in [9.17, 15) is 0 Å². The molecule has 0 aliphatic rings. The van der Waals surface area contributed by atoms with Gasteiger partial charge < -0.3 is 0 Å². The normalized spacial score (nSPS) is 8.70. The van der Waals surface area contributed by atoms with Crippen LogP contribution in [0.5, 0.6) is 0 Å². The lowest BCUT2D eigenvalue weighted by Gasteiger charge is -1.96. The molecule has 0 fully saturated rings. The van der Waals surface area contributed by atoms with E-state index in [0.29, 0.717) is 0 Å². The third kappa shape index (κ3) is 1.31. The summed E-state index contributed by atoms with van der Waals surface area (Å²) in [5.41, 5.74) is 1.97. The predicted octanol–water partition coefficient (Wildman–Crippen LogP) is 2.58. The van der Waals surface area contributed by atoms with Gasteiger partial charge in [0.1, 0.15) is 0 Å². The van der Waals surface area contributed by atoms with Crippen molar-refractivity contribution in [1.82, 2.24) is 0 Å². The minimum atomic E-state index is 0.985. The molecule has 1 aromatic rings. The summed E-state index contributed by atoms with van der Waals surface area (Å²) in [5, 5.41) is 0. The largest absolute Gasteiger partial charge is 0.292 e. The lowest BCUT2D eigenvalue weighted by molar-refractivity contribution is 1.62. The minimum Gasteiger partial charge on any atom is -0.292 e. The highest BCUT2D eigenvalue weighted by molar-refractivity contribution is 5.54. The van der Waals surface area contributed by atoms with Crippen molar-refractivity contribution in [1.29, 1.82) is 0 Å². The van der Waals surface area contributed by atoms with Crippen molar-refractivity contribution in [3.05, 3.63) is 48.6 Å². The Morgan fingerprint density at radius 1 is 1.30 bits per heavy atom. The molecule has 0 aliphatic carbocycles. The summed E-state index contributed by atoms with van der Waals surface area (Å²) in [4.78, 5) is 0. The third-order valence-corrected chi connectivity index (χ3v) is 1.30. The number of rotatable bonds is 2. The summed E-state index contributed by atoms with van der Waals surface area (Å²) < 4.78 is 0. The topological polar surface area (TPSA) is 0 Å². The Morgan fingerprint density at radius 2 is 2.00 bits per heavy atom. The van der Waals surface area contributed by atoms with Gasteiger partial charge in [-0.1, -0.05) is 6.07 Å². The highest BCUT2D eigenvalue weighted by Gasteiger charge is 1.88. The molecule has 0 unspecified atom stereocenters. The number of hydrogen-bond acceptors (Lipinski definition) is 0. The average Bonchev–Trinajstić information content (AvgIpc) is 2.05. The number of benzene rings is 1. The maximum Gasteiger partial charge on any atom is 0.157 e. The molecular formula is C10H8. The standard InChI is InChI=1S/C10H8/c1-3-9-6-5-7-10(4-2)8-9/h1-8H. The van der Waals surface area contributed by atoms with Crippen LogP contribution >= 0.6 is 0 Å². The second-order valence-corrected chi connectivity index (χ2v) is 2.00. The van der Waals surface area contributed by atoms with E-state index in [2.05, 4.69) is 0 Å². The molecule has 0 heterocycles. The van der Waals surface area contributed by atoms with E-state index in [1.165, 1.54) is 0 Å². The maximum atomic E-state index is 5.29. The van der Waals surface area contributed by atoms with Gasteiger partial charge in [-0.2, -0.15) is 5.56 Å². The average molecular weight is 128 g/mol. The molecule has 0 saturated heterocycles.